The first-order valence-electron chi connectivity index (χ1n) is 4.56. The first-order valence-corrected chi connectivity index (χ1v) is 4.56. The second kappa shape index (κ2) is 3.92. The van der Waals surface area contributed by atoms with E-state index >= 15 is 0 Å². The van der Waals surface area contributed by atoms with E-state index in [0.29, 0.717) is 0 Å². The summed E-state index contributed by atoms with van der Waals surface area (Å²) in [5.74, 6) is 0.878. The van der Waals surface area contributed by atoms with Crippen molar-refractivity contribution >= 4 is 0 Å². The molecule has 0 atom stereocenters. The van der Waals surface area contributed by atoms with Crippen LogP contribution in [0, 0.1) is 6.92 Å². The summed E-state index contributed by atoms with van der Waals surface area (Å²) in [4.78, 5) is 5.63. The largest absolute Gasteiger partial charge is 0.231 e. The number of pyridine rings is 1. The van der Waals surface area contributed by atoms with Crippen molar-refractivity contribution in [2.45, 2.75) is 6.92 Å². The van der Waals surface area contributed by atoms with E-state index in [1.807, 2.05) is 61.8 Å². The van der Waals surface area contributed by atoms with Crippen LogP contribution in [0.4, 0.5) is 0 Å². The van der Waals surface area contributed by atoms with Crippen LogP contribution in [0.25, 0.3) is 0 Å². The number of benzene rings is 1. The minimum Gasteiger partial charge on any atom is -0.231 e. The standard InChI is InChI=1S/C12H12NO/c1-11-7-3-4-8-12(11)14-13-9-5-2-6-10-13/h2-10H,1H3/q+1. The fourth-order valence-corrected chi connectivity index (χ4v) is 1.22. The van der Waals surface area contributed by atoms with Crippen molar-refractivity contribution in [3.05, 3.63) is 60.4 Å². The summed E-state index contributed by atoms with van der Waals surface area (Å²) in [7, 11) is 0. The van der Waals surface area contributed by atoms with Crippen LogP contribution in [-0.4, -0.2) is 0 Å². The summed E-state index contributed by atoms with van der Waals surface area (Å²) in [6.07, 6.45) is 3.74. The Morgan fingerprint density at radius 2 is 1.64 bits per heavy atom. The van der Waals surface area contributed by atoms with Gasteiger partial charge in [0.15, 0.2) is 0 Å². The number of aromatic nitrogens is 1. The number of para-hydroxylation sites is 1. The normalized spacial score (nSPS) is 9.79. The minimum atomic E-state index is 0.878. The number of aryl methyl sites for hydroxylation is 1. The van der Waals surface area contributed by atoms with Gasteiger partial charge in [-0.2, -0.15) is 0 Å². The van der Waals surface area contributed by atoms with Gasteiger partial charge in [-0.15, -0.1) is 0 Å². The van der Waals surface area contributed by atoms with E-state index < -0.39 is 0 Å². The first kappa shape index (κ1) is 8.75. The number of nitrogens with zero attached hydrogens (tertiary/aromatic N) is 1. The molecule has 0 radical (unpaired) electrons. The lowest BCUT2D eigenvalue weighted by molar-refractivity contribution is -0.875. The molecule has 14 heavy (non-hydrogen) atoms. The highest BCUT2D eigenvalue weighted by molar-refractivity contribution is 5.30. The van der Waals surface area contributed by atoms with Gasteiger partial charge in [0.05, 0.1) is 0 Å². The second-order valence-corrected chi connectivity index (χ2v) is 3.09. The van der Waals surface area contributed by atoms with Gasteiger partial charge in [-0.1, -0.05) is 24.3 Å². The Balaban J connectivity index is 2.24. The van der Waals surface area contributed by atoms with Gasteiger partial charge in [0.2, 0.25) is 18.1 Å². The highest BCUT2D eigenvalue weighted by Crippen LogP contribution is 2.14. The van der Waals surface area contributed by atoms with Gasteiger partial charge in [0.1, 0.15) is 0 Å². The van der Waals surface area contributed by atoms with Gasteiger partial charge in [-0.05, 0) is 18.6 Å². The lowest BCUT2D eigenvalue weighted by atomic mass is 10.2. The average Bonchev–Trinajstić information content (AvgIpc) is 2.23. The molecule has 1 heterocycles. The van der Waals surface area contributed by atoms with Gasteiger partial charge in [0.25, 0.3) is 0 Å². The van der Waals surface area contributed by atoms with E-state index in [1.54, 1.807) is 4.73 Å². The molecule has 0 aliphatic heterocycles. The molecule has 0 N–H and O–H groups in total. The molecule has 2 aromatic rings. The molecule has 2 rings (SSSR count). The van der Waals surface area contributed by atoms with Crippen molar-refractivity contribution in [2.24, 2.45) is 0 Å². The third kappa shape index (κ3) is 1.91. The van der Waals surface area contributed by atoms with Crippen LogP contribution < -0.4 is 9.57 Å². The number of rotatable bonds is 2. The zero-order valence-electron chi connectivity index (χ0n) is 8.05. The molecule has 0 saturated heterocycles. The lowest BCUT2D eigenvalue weighted by Gasteiger charge is -2.00. The number of hydrogen-bond acceptors (Lipinski definition) is 1. The smallest absolute Gasteiger partial charge is 0.223 e. The first-order chi connectivity index (χ1) is 6.86. The molecular weight excluding hydrogens is 174 g/mol. The van der Waals surface area contributed by atoms with Crippen molar-refractivity contribution in [3.63, 3.8) is 0 Å². The monoisotopic (exact) mass is 186 g/mol. The summed E-state index contributed by atoms with van der Waals surface area (Å²) in [6.45, 7) is 2.03. The van der Waals surface area contributed by atoms with Crippen molar-refractivity contribution in [1.29, 1.82) is 0 Å². The number of hydrogen-bond donors (Lipinski definition) is 0. The molecule has 2 nitrogen and oxygen atoms in total. The van der Waals surface area contributed by atoms with Crippen molar-refractivity contribution in [2.75, 3.05) is 0 Å². The zero-order chi connectivity index (χ0) is 9.80. The quantitative estimate of drug-likeness (QED) is 0.655. The molecule has 2 heteroatoms. The van der Waals surface area contributed by atoms with Crippen LogP contribution in [0.5, 0.6) is 5.75 Å². The van der Waals surface area contributed by atoms with Gasteiger partial charge in [0, 0.05) is 16.9 Å². The molecule has 0 spiro atoms. The van der Waals surface area contributed by atoms with E-state index in [0.717, 1.165) is 11.3 Å². The molecule has 0 unspecified atom stereocenters. The molecule has 70 valence electrons. The molecule has 0 saturated carbocycles. The van der Waals surface area contributed by atoms with Crippen LogP contribution in [0.2, 0.25) is 0 Å². The summed E-state index contributed by atoms with van der Waals surface area (Å²) >= 11 is 0. The molecule has 0 fully saturated rings. The molecule has 0 bridgehead atoms. The van der Waals surface area contributed by atoms with E-state index in [2.05, 4.69) is 0 Å². The Morgan fingerprint density at radius 1 is 0.929 bits per heavy atom. The van der Waals surface area contributed by atoms with E-state index in [9.17, 15) is 0 Å². The third-order valence-corrected chi connectivity index (χ3v) is 1.99. The van der Waals surface area contributed by atoms with Crippen LogP contribution in [-0.2, 0) is 0 Å². The average molecular weight is 186 g/mol. The van der Waals surface area contributed by atoms with Gasteiger partial charge in [-0.25, -0.2) is 4.84 Å². The highest BCUT2D eigenvalue weighted by atomic mass is 16.7. The Hall–Kier alpha value is -1.83. The Bertz CT molecular complexity index is 412. The fraction of sp³-hybridized carbons (Fsp3) is 0.0833. The summed E-state index contributed by atoms with van der Waals surface area (Å²) in [5.41, 5.74) is 1.13. The van der Waals surface area contributed by atoms with Crippen molar-refractivity contribution in [1.82, 2.24) is 0 Å². The highest BCUT2D eigenvalue weighted by Gasteiger charge is 2.04. The van der Waals surface area contributed by atoms with Gasteiger partial charge in [-0.3, -0.25) is 0 Å². The summed E-state index contributed by atoms with van der Waals surface area (Å²) < 4.78 is 1.68. The van der Waals surface area contributed by atoms with E-state index in [-0.39, 0.29) is 0 Å². The predicted octanol–water partition coefficient (Wildman–Crippen LogP) is 2.12. The van der Waals surface area contributed by atoms with Crippen molar-refractivity contribution < 1.29 is 9.57 Å². The molecule has 0 aliphatic carbocycles. The zero-order valence-corrected chi connectivity index (χ0v) is 8.05. The molecule has 0 aliphatic rings. The molecule has 0 amide bonds. The Morgan fingerprint density at radius 3 is 2.36 bits per heavy atom. The van der Waals surface area contributed by atoms with Crippen molar-refractivity contribution in [3.8, 4) is 5.75 Å². The molecule has 1 aromatic heterocycles. The van der Waals surface area contributed by atoms with Crippen LogP contribution in [0.15, 0.2) is 54.9 Å². The summed E-state index contributed by atoms with van der Waals surface area (Å²) in [5, 5.41) is 0. The van der Waals surface area contributed by atoms with Crippen LogP contribution in [0.3, 0.4) is 0 Å². The fourth-order valence-electron chi connectivity index (χ4n) is 1.22. The minimum absolute atomic E-state index is 0.878. The van der Waals surface area contributed by atoms with Gasteiger partial charge < -0.3 is 0 Å². The Labute approximate surface area is 83.4 Å². The predicted molar refractivity (Wildman–Crippen MR) is 53.8 cm³/mol. The van der Waals surface area contributed by atoms with E-state index in [4.69, 9.17) is 4.84 Å². The maximum Gasteiger partial charge on any atom is 0.223 e. The van der Waals surface area contributed by atoms with Gasteiger partial charge >= 0.3 is 0 Å². The second-order valence-electron chi connectivity index (χ2n) is 3.09. The lowest BCUT2D eigenvalue weighted by Crippen LogP contribution is -2.38. The SMILES string of the molecule is Cc1ccccc1O[n+]1ccccc1. The molecule has 1 aromatic carbocycles. The topological polar surface area (TPSA) is 13.1 Å². The van der Waals surface area contributed by atoms with E-state index in [1.165, 1.54) is 0 Å². The summed E-state index contributed by atoms with van der Waals surface area (Å²) in [6, 6.07) is 13.8. The maximum atomic E-state index is 5.63. The third-order valence-electron chi connectivity index (χ3n) is 1.99. The maximum absolute atomic E-state index is 5.63. The Kier molecular flexibility index (Phi) is 2.45. The van der Waals surface area contributed by atoms with Crippen LogP contribution >= 0.6 is 0 Å². The van der Waals surface area contributed by atoms with Crippen LogP contribution in [0.1, 0.15) is 5.56 Å². The molecular formula is C12H12NO+.